The van der Waals surface area contributed by atoms with Crippen LogP contribution in [0.5, 0.6) is 5.75 Å². The van der Waals surface area contributed by atoms with E-state index in [2.05, 4.69) is 45.0 Å². The number of hydrogen-bond acceptors (Lipinski definition) is 5. The lowest BCUT2D eigenvalue weighted by Crippen LogP contribution is -2.44. The van der Waals surface area contributed by atoms with Crippen molar-refractivity contribution in [3.63, 3.8) is 0 Å². The minimum absolute atomic E-state index is 0.102. The summed E-state index contributed by atoms with van der Waals surface area (Å²) in [5.41, 5.74) is 2.04. The van der Waals surface area contributed by atoms with Crippen LogP contribution >= 0.6 is 0 Å². The number of nitrogens with zero attached hydrogens (tertiary/aromatic N) is 4. The van der Waals surface area contributed by atoms with Gasteiger partial charge in [0, 0.05) is 44.0 Å². The van der Waals surface area contributed by atoms with E-state index in [1.54, 1.807) is 6.07 Å². The quantitative estimate of drug-likeness (QED) is 0.579. The molecule has 2 fully saturated rings. The molecule has 0 radical (unpaired) electrons. The summed E-state index contributed by atoms with van der Waals surface area (Å²) in [4.78, 5) is 24.9. The van der Waals surface area contributed by atoms with Gasteiger partial charge in [-0.05, 0) is 69.0 Å². The molecule has 6 heteroatoms. The molecule has 184 valence electrons. The van der Waals surface area contributed by atoms with Crippen LogP contribution in [-0.4, -0.2) is 71.6 Å². The molecule has 2 saturated heterocycles. The van der Waals surface area contributed by atoms with E-state index >= 15 is 0 Å². The number of carbonyl (C=O) groups is 1. The first-order valence-electron chi connectivity index (χ1n) is 13.1. The van der Waals surface area contributed by atoms with Gasteiger partial charge in [0.15, 0.2) is 0 Å². The molecule has 35 heavy (non-hydrogen) atoms. The van der Waals surface area contributed by atoms with Gasteiger partial charge in [0.1, 0.15) is 17.1 Å². The number of phenolic OH excluding ortho intramolecular Hbond substituents is 1. The summed E-state index contributed by atoms with van der Waals surface area (Å²) in [7, 11) is 0. The Balaban J connectivity index is 1.10. The first kappa shape index (κ1) is 23.6. The van der Waals surface area contributed by atoms with Gasteiger partial charge >= 0.3 is 0 Å². The van der Waals surface area contributed by atoms with Gasteiger partial charge in [0.2, 0.25) is 5.91 Å². The van der Waals surface area contributed by atoms with Crippen molar-refractivity contribution in [2.45, 2.75) is 32.1 Å². The number of fused-ring (bicyclic) bond motifs is 1. The largest absolute Gasteiger partial charge is 0.506 e. The Kier molecular flexibility index (Phi) is 7.48. The topological polar surface area (TPSA) is 59.9 Å². The number of aromatic hydroxyl groups is 1. The highest BCUT2D eigenvalue weighted by Gasteiger charge is 2.30. The highest BCUT2D eigenvalue weighted by molar-refractivity contribution is 5.85. The Morgan fingerprint density at radius 2 is 1.71 bits per heavy atom. The molecular formula is C29H36N4O2. The predicted molar refractivity (Wildman–Crippen MR) is 141 cm³/mol. The number of phenols is 1. The highest BCUT2D eigenvalue weighted by Crippen LogP contribution is 2.28. The molecule has 2 aliphatic heterocycles. The lowest BCUT2D eigenvalue weighted by Gasteiger charge is -2.34. The zero-order valence-electron chi connectivity index (χ0n) is 20.5. The van der Waals surface area contributed by atoms with Gasteiger partial charge in [-0.1, -0.05) is 42.5 Å². The van der Waals surface area contributed by atoms with E-state index in [9.17, 15) is 9.90 Å². The molecule has 2 aliphatic rings. The van der Waals surface area contributed by atoms with Gasteiger partial charge in [0.05, 0.1) is 0 Å². The average Bonchev–Trinajstić information content (AvgIpc) is 3.15. The molecule has 1 N–H and O–H groups in total. The van der Waals surface area contributed by atoms with Crippen LogP contribution in [-0.2, 0) is 11.2 Å². The third-order valence-electron chi connectivity index (χ3n) is 7.54. The maximum Gasteiger partial charge on any atom is 0.225 e. The number of rotatable bonds is 6. The lowest BCUT2D eigenvalue weighted by atomic mass is 9.95. The summed E-state index contributed by atoms with van der Waals surface area (Å²) in [6.45, 7) is 6.52. The standard InChI is InChI=1S/C29H36N4O2/c34-26-11-4-10-24-12-13-27(30-28(24)26)32-19-14-25(15-20-32)29(35)33-18-6-17-31(21-22-33)16-5-9-23-7-2-1-3-8-23/h1-4,7-8,10-13,25,34H,5-6,9,14-22H2. The van der Waals surface area contributed by atoms with Crippen LogP contribution in [0.3, 0.4) is 0 Å². The van der Waals surface area contributed by atoms with Crippen molar-refractivity contribution in [2.75, 3.05) is 50.7 Å². The molecule has 3 aromatic rings. The summed E-state index contributed by atoms with van der Waals surface area (Å²) in [6.07, 6.45) is 5.05. The van der Waals surface area contributed by atoms with E-state index in [-0.39, 0.29) is 11.7 Å². The Morgan fingerprint density at radius 3 is 2.54 bits per heavy atom. The molecule has 1 amide bonds. The van der Waals surface area contributed by atoms with Crippen molar-refractivity contribution >= 4 is 22.6 Å². The third-order valence-corrected chi connectivity index (χ3v) is 7.54. The summed E-state index contributed by atoms with van der Waals surface area (Å²) < 4.78 is 0. The maximum atomic E-state index is 13.3. The minimum Gasteiger partial charge on any atom is -0.506 e. The maximum absolute atomic E-state index is 13.3. The monoisotopic (exact) mass is 472 g/mol. The number of pyridine rings is 1. The van der Waals surface area contributed by atoms with Crippen LogP contribution in [0.2, 0.25) is 0 Å². The van der Waals surface area contributed by atoms with Gasteiger partial charge in [-0.25, -0.2) is 4.98 Å². The number of anilines is 1. The van der Waals surface area contributed by atoms with Crippen LogP contribution in [0.25, 0.3) is 10.9 Å². The number of hydrogen-bond donors (Lipinski definition) is 1. The molecule has 1 aromatic heterocycles. The zero-order valence-corrected chi connectivity index (χ0v) is 20.5. The normalized spacial score (nSPS) is 18.1. The first-order chi connectivity index (χ1) is 17.2. The minimum atomic E-state index is 0.102. The molecule has 0 atom stereocenters. The molecule has 2 aromatic carbocycles. The molecule has 6 nitrogen and oxygen atoms in total. The van der Waals surface area contributed by atoms with Gasteiger partial charge in [-0.3, -0.25) is 4.79 Å². The van der Waals surface area contributed by atoms with E-state index in [0.29, 0.717) is 11.4 Å². The summed E-state index contributed by atoms with van der Waals surface area (Å²) in [5, 5.41) is 11.1. The van der Waals surface area contributed by atoms with Crippen molar-refractivity contribution in [1.29, 1.82) is 0 Å². The van der Waals surface area contributed by atoms with Gasteiger partial charge in [0.25, 0.3) is 0 Å². The summed E-state index contributed by atoms with van der Waals surface area (Å²) >= 11 is 0. The van der Waals surface area contributed by atoms with Crippen molar-refractivity contribution in [3.8, 4) is 5.75 Å². The van der Waals surface area contributed by atoms with Crippen LogP contribution in [0.4, 0.5) is 5.82 Å². The summed E-state index contributed by atoms with van der Waals surface area (Å²) in [5.74, 6) is 1.53. The Morgan fingerprint density at radius 1 is 0.886 bits per heavy atom. The van der Waals surface area contributed by atoms with Crippen molar-refractivity contribution < 1.29 is 9.90 Å². The zero-order chi connectivity index (χ0) is 24.0. The molecule has 5 rings (SSSR count). The number of para-hydroxylation sites is 1. The summed E-state index contributed by atoms with van der Waals surface area (Å²) in [6, 6.07) is 20.2. The third kappa shape index (κ3) is 5.76. The number of piperidine rings is 1. The fourth-order valence-corrected chi connectivity index (χ4v) is 5.48. The molecule has 0 spiro atoms. The second kappa shape index (κ2) is 11.1. The number of aromatic nitrogens is 1. The Labute approximate surface area is 208 Å². The predicted octanol–water partition coefficient (Wildman–Crippen LogP) is 4.32. The molecule has 3 heterocycles. The Bertz CT molecular complexity index is 1130. The lowest BCUT2D eigenvalue weighted by molar-refractivity contribution is -0.136. The van der Waals surface area contributed by atoms with Crippen LogP contribution < -0.4 is 4.90 Å². The average molecular weight is 473 g/mol. The van der Waals surface area contributed by atoms with Crippen molar-refractivity contribution in [1.82, 2.24) is 14.8 Å². The van der Waals surface area contributed by atoms with E-state index < -0.39 is 0 Å². The first-order valence-corrected chi connectivity index (χ1v) is 13.1. The number of amides is 1. The second-order valence-corrected chi connectivity index (χ2v) is 9.89. The van der Waals surface area contributed by atoms with Crippen LogP contribution in [0, 0.1) is 5.92 Å². The van der Waals surface area contributed by atoms with E-state index in [4.69, 9.17) is 4.98 Å². The van der Waals surface area contributed by atoms with Gasteiger partial charge in [-0.15, -0.1) is 0 Å². The van der Waals surface area contributed by atoms with E-state index in [0.717, 1.165) is 89.1 Å². The smallest absolute Gasteiger partial charge is 0.225 e. The van der Waals surface area contributed by atoms with Gasteiger partial charge < -0.3 is 19.8 Å². The van der Waals surface area contributed by atoms with E-state index in [1.807, 2.05) is 24.3 Å². The SMILES string of the molecule is O=C(C1CCN(c2ccc3cccc(O)c3n2)CC1)N1CCCN(CCCc2ccccc2)CC1. The van der Waals surface area contributed by atoms with Crippen LogP contribution in [0.1, 0.15) is 31.2 Å². The molecule has 0 saturated carbocycles. The van der Waals surface area contributed by atoms with Crippen molar-refractivity contribution in [2.24, 2.45) is 5.92 Å². The highest BCUT2D eigenvalue weighted by atomic mass is 16.3. The number of aryl methyl sites for hydroxylation is 1. The fraction of sp³-hybridized carbons (Fsp3) is 0.448. The molecule has 0 bridgehead atoms. The van der Waals surface area contributed by atoms with Crippen LogP contribution in [0.15, 0.2) is 60.7 Å². The molecular weight excluding hydrogens is 436 g/mol. The number of benzene rings is 2. The fourth-order valence-electron chi connectivity index (χ4n) is 5.48. The van der Waals surface area contributed by atoms with Gasteiger partial charge in [-0.2, -0.15) is 0 Å². The molecule has 0 aliphatic carbocycles. The van der Waals surface area contributed by atoms with E-state index in [1.165, 1.54) is 5.56 Å². The Hall–Kier alpha value is -3.12. The molecule has 0 unspecified atom stereocenters. The second-order valence-electron chi connectivity index (χ2n) is 9.89. The van der Waals surface area contributed by atoms with Crippen molar-refractivity contribution in [3.05, 3.63) is 66.2 Å². The number of carbonyl (C=O) groups excluding carboxylic acids is 1.